The van der Waals surface area contributed by atoms with Crippen LogP contribution in [0.25, 0.3) is 0 Å². The average molecular weight is 341 g/mol. The SMILES string of the molecule is O=C(c1cccs1)N1CC[C@@H](OCC2CC2)[C@@H]1Cc1ccccc1. The van der Waals surface area contributed by atoms with Crippen molar-refractivity contribution in [2.75, 3.05) is 13.2 Å². The topological polar surface area (TPSA) is 29.5 Å². The zero-order chi connectivity index (χ0) is 16.4. The van der Waals surface area contributed by atoms with Crippen molar-refractivity contribution in [3.63, 3.8) is 0 Å². The van der Waals surface area contributed by atoms with E-state index < -0.39 is 0 Å². The lowest BCUT2D eigenvalue weighted by Crippen LogP contribution is -2.41. The van der Waals surface area contributed by atoms with Crippen LogP contribution < -0.4 is 0 Å². The zero-order valence-electron chi connectivity index (χ0n) is 13.8. The standard InChI is InChI=1S/C20H23NO2S/c22-20(19-7-4-12-24-19)21-11-10-18(23-14-16-8-9-16)17(21)13-15-5-2-1-3-6-15/h1-7,12,16-18H,8-11,13-14H2/t17-,18+/m0/s1. The number of ether oxygens (including phenoxy) is 1. The minimum absolute atomic E-state index is 0.140. The molecule has 2 atom stereocenters. The first kappa shape index (κ1) is 15.9. The molecule has 2 aromatic rings. The molecule has 4 heteroatoms. The fraction of sp³-hybridized carbons (Fsp3) is 0.450. The highest BCUT2D eigenvalue weighted by Crippen LogP contribution is 2.32. The second-order valence-electron chi connectivity index (χ2n) is 6.84. The molecule has 4 rings (SSSR count). The van der Waals surface area contributed by atoms with E-state index >= 15 is 0 Å². The Hall–Kier alpha value is -1.65. The predicted octanol–water partition coefficient (Wildman–Crippen LogP) is 4.00. The Kier molecular flexibility index (Phi) is 4.67. The number of carbonyl (C=O) groups is 1. The molecule has 126 valence electrons. The Morgan fingerprint density at radius 2 is 1.96 bits per heavy atom. The van der Waals surface area contributed by atoms with Gasteiger partial charge in [-0.05, 0) is 48.6 Å². The Bertz CT molecular complexity index is 666. The molecule has 0 spiro atoms. The summed E-state index contributed by atoms with van der Waals surface area (Å²) in [5, 5.41) is 1.97. The quantitative estimate of drug-likeness (QED) is 0.795. The van der Waals surface area contributed by atoms with E-state index in [1.54, 1.807) is 0 Å². The van der Waals surface area contributed by atoms with Gasteiger partial charge in [0.25, 0.3) is 5.91 Å². The van der Waals surface area contributed by atoms with Gasteiger partial charge in [-0.3, -0.25) is 4.79 Å². The summed E-state index contributed by atoms with van der Waals surface area (Å²) >= 11 is 1.52. The molecular formula is C20H23NO2S. The van der Waals surface area contributed by atoms with Gasteiger partial charge in [-0.15, -0.1) is 11.3 Å². The molecule has 1 saturated heterocycles. The van der Waals surface area contributed by atoms with E-state index in [2.05, 4.69) is 24.3 Å². The van der Waals surface area contributed by atoms with Crippen LogP contribution in [0.1, 0.15) is 34.5 Å². The number of hydrogen-bond acceptors (Lipinski definition) is 3. The van der Waals surface area contributed by atoms with Crippen LogP contribution in [0.5, 0.6) is 0 Å². The van der Waals surface area contributed by atoms with Gasteiger partial charge in [0.1, 0.15) is 0 Å². The molecule has 3 nitrogen and oxygen atoms in total. The van der Waals surface area contributed by atoms with Gasteiger partial charge in [0.2, 0.25) is 0 Å². The van der Waals surface area contributed by atoms with Crippen LogP contribution >= 0.6 is 11.3 Å². The number of benzene rings is 1. The maximum atomic E-state index is 12.9. The predicted molar refractivity (Wildman–Crippen MR) is 96.4 cm³/mol. The fourth-order valence-corrected chi connectivity index (χ4v) is 4.13. The first-order valence-corrected chi connectivity index (χ1v) is 9.69. The maximum Gasteiger partial charge on any atom is 0.264 e. The van der Waals surface area contributed by atoms with Crippen LogP contribution in [-0.2, 0) is 11.2 Å². The first-order valence-electron chi connectivity index (χ1n) is 8.81. The summed E-state index contributed by atoms with van der Waals surface area (Å²) in [6.45, 7) is 1.65. The third-order valence-electron chi connectivity index (χ3n) is 5.01. The molecule has 1 amide bonds. The van der Waals surface area contributed by atoms with Crippen LogP contribution in [-0.4, -0.2) is 36.1 Å². The van der Waals surface area contributed by atoms with Crippen LogP contribution in [0.4, 0.5) is 0 Å². The van der Waals surface area contributed by atoms with E-state index in [1.165, 1.54) is 29.7 Å². The normalized spacial score (nSPS) is 23.6. The molecule has 0 unspecified atom stereocenters. The van der Waals surface area contributed by atoms with Crippen molar-refractivity contribution in [3.05, 3.63) is 58.3 Å². The smallest absolute Gasteiger partial charge is 0.264 e. The van der Waals surface area contributed by atoms with Crippen molar-refractivity contribution in [1.82, 2.24) is 4.90 Å². The molecule has 1 aliphatic heterocycles. The van der Waals surface area contributed by atoms with E-state index in [1.807, 2.05) is 28.5 Å². The molecule has 2 fully saturated rings. The number of carbonyl (C=O) groups excluding carboxylic acids is 1. The van der Waals surface area contributed by atoms with Gasteiger partial charge in [-0.2, -0.15) is 0 Å². The summed E-state index contributed by atoms with van der Waals surface area (Å²) in [7, 11) is 0. The largest absolute Gasteiger partial charge is 0.376 e. The molecule has 1 aromatic heterocycles. The molecule has 0 N–H and O–H groups in total. The summed E-state index contributed by atoms with van der Waals surface area (Å²) in [5.41, 5.74) is 1.27. The summed E-state index contributed by atoms with van der Waals surface area (Å²) < 4.78 is 6.22. The van der Waals surface area contributed by atoms with Gasteiger partial charge in [0.05, 0.1) is 17.0 Å². The molecule has 2 aliphatic rings. The van der Waals surface area contributed by atoms with Crippen molar-refractivity contribution in [3.8, 4) is 0 Å². The van der Waals surface area contributed by atoms with Gasteiger partial charge in [-0.25, -0.2) is 0 Å². The fourth-order valence-electron chi connectivity index (χ4n) is 3.46. The molecule has 1 saturated carbocycles. The molecule has 1 aromatic carbocycles. The Labute approximate surface area is 147 Å². The summed E-state index contributed by atoms with van der Waals surface area (Å²) in [6, 6.07) is 14.5. The molecule has 2 heterocycles. The van der Waals surface area contributed by atoms with Crippen molar-refractivity contribution in [2.24, 2.45) is 5.92 Å². The van der Waals surface area contributed by atoms with Crippen molar-refractivity contribution >= 4 is 17.2 Å². The van der Waals surface area contributed by atoms with Gasteiger partial charge >= 0.3 is 0 Å². The number of nitrogens with zero attached hydrogens (tertiary/aromatic N) is 1. The second kappa shape index (κ2) is 7.08. The number of rotatable bonds is 6. The Balaban J connectivity index is 1.51. The number of hydrogen-bond donors (Lipinski definition) is 0. The maximum absolute atomic E-state index is 12.9. The van der Waals surface area contributed by atoms with Crippen LogP contribution in [0, 0.1) is 5.92 Å². The number of amides is 1. The highest BCUT2D eigenvalue weighted by molar-refractivity contribution is 7.12. The molecular weight excluding hydrogens is 318 g/mol. The number of likely N-dealkylation sites (tertiary alicyclic amines) is 1. The van der Waals surface area contributed by atoms with Crippen LogP contribution in [0.3, 0.4) is 0 Å². The minimum atomic E-state index is 0.140. The van der Waals surface area contributed by atoms with E-state index in [0.717, 1.165) is 36.8 Å². The molecule has 1 aliphatic carbocycles. The summed E-state index contributed by atoms with van der Waals surface area (Å²) in [6.07, 6.45) is 4.57. The highest BCUT2D eigenvalue weighted by Gasteiger charge is 2.39. The van der Waals surface area contributed by atoms with Gasteiger partial charge in [0, 0.05) is 13.2 Å². The zero-order valence-corrected chi connectivity index (χ0v) is 14.6. The molecule has 0 bridgehead atoms. The molecule has 24 heavy (non-hydrogen) atoms. The minimum Gasteiger partial charge on any atom is -0.376 e. The molecule has 0 radical (unpaired) electrons. The average Bonchev–Trinajstić information content (AvgIpc) is 3.12. The lowest BCUT2D eigenvalue weighted by Gasteiger charge is -2.28. The first-order chi connectivity index (χ1) is 11.8. The highest BCUT2D eigenvalue weighted by atomic mass is 32.1. The van der Waals surface area contributed by atoms with Gasteiger partial charge in [-0.1, -0.05) is 36.4 Å². The van der Waals surface area contributed by atoms with Gasteiger partial charge in [0.15, 0.2) is 0 Å². The van der Waals surface area contributed by atoms with Crippen LogP contribution in [0.2, 0.25) is 0 Å². The van der Waals surface area contributed by atoms with Crippen molar-refractivity contribution < 1.29 is 9.53 Å². The van der Waals surface area contributed by atoms with E-state index in [0.29, 0.717) is 0 Å². The lowest BCUT2D eigenvalue weighted by molar-refractivity contribution is 0.0201. The third kappa shape index (κ3) is 3.55. The monoisotopic (exact) mass is 341 g/mol. The van der Waals surface area contributed by atoms with Crippen LogP contribution in [0.15, 0.2) is 47.8 Å². The van der Waals surface area contributed by atoms with E-state index in [-0.39, 0.29) is 18.1 Å². The second-order valence-corrected chi connectivity index (χ2v) is 7.78. The Morgan fingerprint density at radius 1 is 1.12 bits per heavy atom. The Morgan fingerprint density at radius 3 is 2.67 bits per heavy atom. The van der Waals surface area contributed by atoms with Gasteiger partial charge < -0.3 is 9.64 Å². The van der Waals surface area contributed by atoms with Crippen molar-refractivity contribution in [1.29, 1.82) is 0 Å². The number of thiophene rings is 1. The summed E-state index contributed by atoms with van der Waals surface area (Å²) in [5.74, 6) is 0.910. The van der Waals surface area contributed by atoms with E-state index in [9.17, 15) is 4.79 Å². The summed E-state index contributed by atoms with van der Waals surface area (Å²) in [4.78, 5) is 15.8. The van der Waals surface area contributed by atoms with Crippen molar-refractivity contribution in [2.45, 2.75) is 37.8 Å². The lowest BCUT2D eigenvalue weighted by atomic mass is 10.0. The third-order valence-corrected chi connectivity index (χ3v) is 5.87. The van der Waals surface area contributed by atoms with E-state index in [4.69, 9.17) is 4.74 Å².